The van der Waals surface area contributed by atoms with Gasteiger partial charge in [-0.2, -0.15) is 0 Å². The summed E-state index contributed by atoms with van der Waals surface area (Å²) in [5.74, 6) is 0. The zero-order valence-electron chi connectivity index (χ0n) is 5.91. The molecule has 0 saturated heterocycles. The van der Waals surface area contributed by atoms with Gasteiger partial charge in [0.2, 0.25) is 0 Å². The smallest absolute Gasteiger partial charge is 0.133 e. The predicted molar refractivity (Wildman–Crippen MR) is 37.8 cm³/mol. The Kier molecular flexibility index (Phi) is 2.72. The largest absolute Gasteiger partial charge is 0.310 e. The molecule has 0 radical (unpaired) electrons. The summed E-state index contributed by atoms with van der Waals surface area (Å²) < 4.78 is 10.5. The molecule has 0 aromatic rings. The molecule has 50 valence electrons. The van der Waals surface area contributed by atoms with E-state index in [0.717, 1.165) is 0 Å². The van der Waals surface area contributed by atoms with Crippen LogP contribution < -0.4 is 5.09 Å². The number of hydrogen-bond acceptors (Lipinski definition) is 1. The summed E-state index contributed by atoms with van der Waals surface area (Å²) in [6.07, 6.45) is 0. The molecular weight excluding hydrogens is 121 g/mol. The topological polar surface area (TPSA) is 29.1 Å². The Morgan fingerprint density at radius 3 is 1.75 bits per heavy atom. The van der Waals surface area contributed by atoms with Gasteiger partial charge in [0.25, 0.3) is 0 Å². The van der Waals surface area contributed by atoms with E-state index in [1.54, 1.807) is 6.66 Å². The second-order valence-corrected chi connectivity index (χ2v) is 4.29. The zero-order chi connectivity index (χ0) is 6.78. The van der Waals surface area contributed by atoms with Crippen LogP contribution in [0.25, 0.3) is 0 Å². The maximum absolute atomic E-state index is 10.5. The maximum Gasteiger partial charge on any atom is 0.133 e. The minimum Gasteiger partial charge on any atom is -0.310 e. The van der Waals surface area contributed by atoms with Crippen LogP contribution in [0.3, 0.4) is 0 Å². The summed E-state index contributed by atoms with van der Waals surface area (Å²) in [7, 11) is -1.49. The Bertz CT molecular complexity index is 95.1. The van der Waals surface area contributed by atoms with Gasteiger partial charge in [-0.1, -0.05) is 0 Å². The predicted octanol–water partition coefficient (Wildman–Crippen LogP) is 1.48. The second-order valence-electron chi connectivity index (χ2n) is 2.93. The molecule has 0 saturated carbocycles. The highest BCUT2D eigenvalue weighted by atomic mass is 31.1. The van der Waals surface area contributed by atoms with Crippen molar-refractivity contribution >= 4 is 7.95 Å². The first-order valence-corrected chi connectivity index (χ1v) is 4.61. The number of nitrogens with one attached hydrogen (secondary N) is 1. The lowest BCUT2D eigenvalue weighted by atomic mass is 10.1. The first kappa shape index (κ1) is 8.19. The van der Waals surface area contributed by atoms with E-state index in [2.05, 4.69) is 5.09 Å². The number of hydrogen-bond donors (Lipinski definition) is 1. The Morgan fingerprint density at radius 2 is 1.75 bits per heavy atom. The van der Waals surface area contributed by atoms with Gasteiger partial charge in [0.05, 0.1) is 0 Å². The molecule has 0 aliphatic rings. The second kappa shape index (κ2) is 2.65. The first-order valence-electron chi connectivity index (χ1n) is 2.70. The summed E-state index contributed by atoms with van der Waals surface area (Å²) in [6, 6.07) is 0. The molecule has 1 unspecified atom stereocenters. The minimum atomic E-state index is -1.49. The van der Waals surface area contributed by atoms with Gasteiger partial charge in [-0.25, -0.2) is 0 Å². The molecule has 0 aromatic carbocycles. The molecule has 1 N–H and O–H groups in total. The van der Waals surface area contributed by atoms with Crippen molar-refractivity contribution in [3.63, 3.8) is 0 Å². The van der Waals surface area contributed by atoms with Gasteiger partial charge in [-0.3, -0.25) is 5.09 Å². The summed E-state index contributed by atoms with van der Waals surface area (Å²) in [5, 5.41) is 2.93. The third-order valence-corrected chi connectivity index (χ3v) is 1.65. The first-order chi connectivity index (χ1) is 3.42. The lowest BCUT2D eigenvalue weighted by Gasteiger charge is -2.17. The van der Waals surface area contributed by atoms with E-state index in [4.69, 9.17) is 0 Å². The van der Waals surface area contributed by atoms with Crippen molar-refractivity contribution in [3.05, 3.63) is 0 Å². The summed E-state index contributed by atoms with van der Waals surface area (Å²) in [6.45, 7) is 7.70. The van der Waals surface area contributed by atoms with Crippen molar-refractivity contribution < 1.29 is 4.57 Å². The molecule has 0 rings (SSSR count). The van der Waals surface area contributed by atoms with Crippen molar-refractivity contribution in [2.24, 2.45) is 0 Å². The van der Waals surface area contributed by atoms with Crippen LogP contribution in [0.4, 0.5) is 0 Å². The van der Waals surface area contributed by atoms with Crippen molar-refractivity contribution in [2.45, 2.75) is 26.3 Å². The molecule has 0 spiro atoms. The molecule has 0 aliphatic carbocycles. The van der Waals surface area contributed by atoms with Gasteiger partial charge in [0.15, 0.2) is 0 Å². The van der Waals surface area contributed by atoms with E-state index in [0.29, 0.717) is 0 Å². The Hall–Kier alpha value is 0.190. The molecule has 3 heteroatoms. The fraction of sp³-hybridized carbons (Fsp3) is 1.00. The molecule has 0 bridgehead atoms. The highest BCUT2D eigenvalue weighted by Crippen LogP contribution is 2.13. The molecule has 0 aliphatic heterocycles. The van der Waals surface area contributed by atoms with Crippen LogP contribution in [0.2, 0.25) is 0 Å². The third kappa shape index (κ3) is 6.19. The molecule has 1 atom stereocenters. The average Bonchev–Trinajstić information content (AvgIpc) is 1.21. The van der Waals surface area contributed by atoms with E-state index < -0.39 is 7.95 Å². The van der Waals surface area contributed by atoms with E-state index in [1.807, 2.05) is 20.8 Å². The highest BCUT2D eigenvalue weighted by Gasteiger charge is 2.08. The molecule has 0 aromatic heterocycles. The van der Waals surface area contributed by atoms with Gasteiger partial charge in [0.1, 0.15) is 7.95 Å². The van der Waals surface area contributed by atoms with Gasteiger partial charge < -0.3 is 4.57 Å². The molecule has 2 nitrogen and oxygen atoms in total. The van der Waals surface area contributed by atoms with E-state index in [9.17, 15) is 4.57 Å². The van der Waals surface area contributed by atoms with Crippen LogP contribution in [0.1, 0.15) is 20.8 Å². The molecule has 0 fully saturated rings. The van der Waals surface area contributed by atoms with Crippen LogP contribution >= 0.6 is 7.95 Å². The maximum atomic E-state index is 10.5. The van der Waals surface area contributed by atoms with Gasteiger partial charge >= 0.3 is 0 Å². The molecule has 8 heavy (non-hydrogen) atoms. The summed E-state index contributed by atoms with van der Waals surface area (Å²) in [4.78, 5) is 0. The number of rotatable bonds is 1. The summed E-state index contributed by atoms with van der Waals surface area (Å²) in [5.41, 5.74) is 0.00476. The van der Waals surface area contributed by atoms with Crippen LogP contribution in [0.5, 0.6) is 0 Å². The quantitative estimate of drug-likeness (QED) is 0.552. The Labute approximate surface area is 51.5 Å². The van der Waals surface area contributed by atoms with Gasteiger partial charge in [-0.15, -0.1) is 0 Å². The van der Waals surface area contributed by atoms with Crippen LogP contribution in [-0.2, 0) is 4.57 Å². The third-order valence-electron chi connectivity index (χ3n) is 0.551. The summed E-state index contributed by atoms with van der Waals surface area (Å²) >= 11 is 0. The van der Waals surface area contributed by atoms with Crippen molar-refractivity contribution in [2.75, 3.05) is 6.66 Å². The zero-order valence-corrected chi connectivity index (χ0v) is 6.91. The van der Waals surface area contributed by atoms with Crippen LogP contribution in [0.15, 0.2) is 0 Å². The van der Waals surface area contributed by atoms with Crippen molar-refractivity contribution in [1.29, 1.82) is 0 Å². The molecule has 0 heterocycles. The van der Waals surface area contributed by atoms with Crippen LogP contribution in [0, 0.1) is 0 Å². The van der Waals surface area contributed by atoms with Crippen molar-refractivity contribution in [1.82, 2.24) is 5.09 Å². The van der Waals surface area contributed by atoms with Crippen molar-refractivity contribution in [3.8, 4) is 0 Å². The fourth-order valence-corrected chi connectivity index (χ4v) is 1.58. The normalized spacial score (nSPS) is 16.0. The fourth-order valence-electron chi connectivity index (χ4n) is 0.528. The molecule has 0 amide bonds. The van der Waals surface area contributed by atoms with E-state index in [1.165, 1.54) is 0 Å². The lowest BCUT2D eigenvalue weighted by Crippen LogP contribution is -2.29. The monoisotopic (exact) mass is 135 g/mol. The highest BCUT2D eigenvalue weighted by molar-refractivity contribution is 7.41. The van der Waals surface area contributed by atoms with Gasteiger partial charge in [-0.05, 0) is 27.4 Å². The Balaban J connectivity index is 3.55. The lowest BCUT2D eigenvalue weighted by molar-refractivity contribution is 0.503. The standard InChI is InChI=1S/C5H14NOP/c1-5(2,3)6-8(4)7/h8H,1-4H3,(H,6,7). The SMILES string of the molecule is C[PH](=O)NC(C)(C)C. The van der Waals surface area contributed by atoms with E-state index in [-0.39, 0.29) is 5.54 Å². The molecular formula is C5H14NOP. The van der Waals surface area contributed by atoms with Crippen LogP contribution in [-0.4, -0.2) is 12.2 Å². The van der Waals surface area contributed by atoms with Gasteiger partial charge in [0, 0.05) is 5.54 Å². The van der Waals surface area contributed by atoms with E-state index >= 15 is 0 Å². The Morgan fingerprint density at radius 1 is 1.38 bits per heavy atom. The minimum absolute atomic E-state index is 0.00476. The average molecular weight is 135 g/mol.